The van der Waals surface area contributed by atoms with Gasteiger partial charge >= 0.3 is 0 Å². The lowest BCUT2D eigenvalue weighted by atomic mass is 10.1. The van der Waals surface area contributed by atoms with E-state index in [-0.39, 0.29) is 29.2 Å². The first-order valence-corrected chi connectivity index (χ1v) is 8.81. The van der Waals surface area contributed by atoms with Gasteiger partial charge in [-0.15, -0.1) is 11.3 Å². The van der Waals surface area contributed by atoms with Crippen LogP contribution in [0.5, 0.6) is 11.5 Å². The summed E-state index contributed by atoms with van der Waals surface area (Å²) >= 11 is 7.41. The molecular formula is C18H13ClFNO3S. The SMILES string of the molecule is CC(NC(=O)c1sc2cccc(F)c2c1Cl)c1ccc2c(c1)OCO2. The van der Waals surface area contributed by atoms with Crippen LogP contribution in [-0.2, 0) is 0 Å². The zero-order valence-corrected chi connectivity index (χ0v) is 14.7. The molecule has 7 heteroatoms. The lowest BCUT2D eigenvalue weighted by Gasteiger charge is -2.14. The summed E-state index contributed by atoms with van der Waals surface area (Å²) in [6.45, 7) is 2.06. The van der Waals surface area contributed by atoms with Gasteiger partial charge in [0.05, 0.1) is 11.1 Å². The number of hydrogen-bond acceptors (Lipinski definition) is 4. The van der Waals surface area contributed by atoms with Crippen molar-refractivity contribution >= 4 is 38.9 Å². The molecule has 0 bridgehead atoms. The minimum atomic E-state index is -0.429. The predicted molar refractivity (Wildman–Crippen MR) is 95.2 cm³/mol. The number of rotatable bonds is 3. The highest BCUT2D eigenvalue weighted by molar-refractivity contribution is 7.21. The molecule has 1 aliphatic rings. The van der Waals surface area contributed by atoms with Crippen LogP contribution >= 0.6 is 22.9 Å². The smallest absolute Gasteiger partial charge is 0.263 e. The Labute approximate surface area is 152 Å². The maximum atomic E-state index is 13.9. The van der Waals surface area contributed by atoms with E-state index in [1.807, 2.05) is 25.1 Å². The van der Waals surface area contributed by atoms with Gasteiger partial charge in [-0.2, -0.15) is 0 Å². The monoisotopic (exact) mass is 377 g/mol. The first kappa shape index (κ1) is 16.2. The molecule has 0 radical (unpaired) electrons. The van der Waals surface area contributed by atoms with Crippen LogP contribution in [0.4, 0.5) is 4.39 Å². The van der Waals surface area contributed by atoms with Gasteiger partial charge in [-0.25, -0.2) is 4.39 Å². The number of amides is 1. The summed E-state index contributed by atoms with van der Waals surface area (Å²) in [5, 5.41) is 3.33. The van der Waals surface area contributed by atoms with Gasteiger partial charge in [0.15, 0.2) is 11.5 Å². The van der Waals surface area contributed by atoms with Gasteiger partial charge in [0, 0.05) is 10.1 Å². The Bertz CT molecular complexity index is 988. The van der Waals surface area contributed by atoms with E-state index in [2.05, 4.69) is 5.32 Å². The maximum absolute atomic E-state index is 13.9. The van der Waals surface area contributed by atoms with E-state index in [1.165, 1.54) is 17.4 Å². The van der Waals surface area contributed by atoms with Crippen molar-refractivity contribution < 1.29 is 18.7 Å². The molecule has 0 saturated heterocycles. The molecule has 1 unspecified atom stereocenters. The molecule has 2 aromatic carbocycles. The Balaban J connectivity index is 1.60. The molecule has 25 heavy (non-hydrogen) atoms. The largest absolute Gasteiger partial charge is 0.454 e. The summed E-state index contributed by atoms with van der Waals surface area (Å²) in [4.78, 5) is 12.9. The minimum Gasteiger partial charge on any atom is -0.454 e. The van der Waals surface area contributed by atoms with Crippen LogP contribution in [0.3, 0.4) is 0 Å². The molecule has 0 fully saturated rings. The van der Waals surface area contributed by atoms with Crippen LogP contribution in [0.2, 0.25) is 5.02 Å². The van der Waals surface area contributed by atoms with Crippen LogP contribution in [0, 0.1) is 5.82 Å². The molecule has 0 aliphatic carbocycles. The van der Waals surface area contributed by atoms with Gasteiger partial charge in [0.1, 0.15) is 10.7 Å². The minimum absolute atomic E-state index is 0.147. The molecule has 3 aromatic rings. The van der Waals surface area contributed by atoms with Gasteiger partial charge in [-0.05, 0) is 36.8 Å². The van der Waals surface area contributed by atoms with Crippen molar-refractivity contribution in [3.05, 3.63) is 57.7 Å². The highest BCUT2D eigenvalue weighted by Crippen LogP contribution is 2.37. The van der Waals surface area contributed by atoms with Gasteiger partial charge in [0.2, 0.25) is 6.79 Å². The molecule has 4 nitrogen and oxygen atoms in total. The zero-order chi connectivity index (χ0) is 17.6. The van der Waals surface area contributed by atoms with Gasteiger partial charge in [-0.1, -0.05) is 23.7 Å². The summed E-state index contributed by atoms with van der Waals surface area (Å²) in [5.41, 5.74) is 0.876. The zero-order valence-electron chi connectivity index (χ0n) is 13.1. The number of thiophene rings is 1. The Kier molecular flexibility index (Phi) is 4.01. The summed E-state index contributed by atoms with van der Waals surface area (Å²) in [6, 6.07) is 9.91. The van der Waals surface area contributed by atoms with Gasteiger partial charge in [-0.3, -0.25) is 4.79 Å². The Morgan fingerprint density at radius 3 is 2.88 bits per heavy atom. The van der Waals surface area contributed by atoms with Crippen molar-refractivity contribution in [1.82, 2.24) is 5.32 Å². The first-order chi connectivity index (χ1) is 12.0. The van der Waals surface area contributed by atoms with E-state index < -0.39 is 5.82 Å². The molecule has 1 aromatic heterocycles. The summed E-state index contributed by atoms with van der Waals surface area (Å²) in [6.07, 6.45) is 0. The Morgan fingerprint density at radius 2 is 2.08 bits per heavy atom. The Hall–Kier alpha value is -2.31. The average molecular weight is 378 g/mol. The van der Waals surface area contributed by atoms with Crippen LogP contribution in [-0.4, -0.2) is 12.7 Å². The molecule has 1 aliphatic heterocycles. The second-order valence-electron chi connectivity index (χ2n) is 5.67. The molecule has 1 atom stereocenters. The number of ether oxygens (including phenoxy) is 2. The molecule has 0 spiro atoms. The van der Waals surface area contributed by atoms with Crippen molar-refractivity contribution in [3.63, 3.8) is 0 Å². The second-order valence-corrected chi connectivity index (χ2v) is 7.10. The molecule has 1 amide bonds. The third-order valence-electron chi connectivity index (χ3n) is 4.06. The van der Waals surface area contributed by atoms with Crippen molar-refractivity contribution in [1.29, 1.82) is 0 Å². The van der Waals surface area contributed by atoms with E-state index in [0.29, 0.717) is 21.1 Å². The summed E-state index contributed by atoms with van der Waals surface area (Å²) in [7, 11) is 0. The number of carbonyl (C=O) groups is 1. The van der Waals surface area contributed by atoms with Crippen molar-refractivity contribution in [2.75, 3.05) is 6.79 Å². The second kappa shape index (κ2) is 6.20. The lowest BCUT2D eigenvalue weighted by Crippen LogP contribution is -2.26. The maximum Gasteiger partial charge on any atom is 0.263 e. The highest BCUT2D eigenvalue weighted by Gasteiger charge is 2.22. The number of hydrogen-bond donors (Lipinski definition) is 1. The topological polar surface area (TPSA) is 47.6 Å². The number of halogens is 2. The fraction of sp³-hybridized carbons (Fsp3) is 0.167. The number of fused-ring (bicyclic) bond motifs is 2. The van der Waals surface area contributed by atoms with E-state index in [1.54, 1.807) is 12.1 Å². The lowest BCUT2D eigenvalue weighted by molar-refractivity contribution is 0.0944. The molecule has 128 valence electrons. The molecular weight excluding hydrogens is 365 g/mol. The number of nitrogens with one attached hydrogen (secondary N) is 1. The fourth-order valence-electron chi connectivity index (χ4n) is 2.74. The van der Waals surface area contributed by atoms with Crippen molar-refractivity contribution in [2.45, 2.75) is 13.0 Å². The molecule has 4 rings (SSSR count). The average Bonchev–Trinajstić information content (AvgIpc) is 3.19. The summed E-state index contributed by atoms with van der Waals surface area (Å²) < 4.78 is 25.2. The van der Waals surface area contributed by atoms with Crippen LogP contribution < -0.4 is 14.8 Å². The third kappa shape index (κ3) is 2.81. The van der Waals surface area contributed by atoms with E-state index in [0.717, 1.165) is 5.56 Å². The molecule has 0 saturated carbocycles. The van der Waals surface area contributed by atoms with Gasteiger partial charge in [0.25, 0.3) is 5.91 Å². The van der Waals surface area contributed by atoms with Crippen LogP contribution in [0.25, 0.3) is 10.1 Å². The van der Waals surface area contributed by atoms with E-state index >= 15 is 0 Å². The normalized spacial score (nSPS) is 13.9. The van der Waals surface area contributed by atoms with Crippen LogP contribution in [0.1, 0.15) is 28.2 Å². The van der Waals surface area contributed by atoms with Crippen molar-refractivity contribution in [2.24, 2.45) is 0 Å². The fourth-order valence-corrected chi connectivity index (χ4v) is 4.21. The number of carbonyl (C=O) groups excluding carboxylic acids is 1. The summed E-state index contributed by atoms with van der Waals surface area (Å²) in [5.74, 6) is 0.572. The first-order valence-electron chi connectivity index (χ1n) is 7.61. The highest BCUT2D eigenvalue weighted by atomic mass is 35.5. The molecule has 1 N–H and O–H groups in total. The quantitative estimate of drug-likeness (QED) is 0.705. The predicted octanol–water partition coefficient (Wildman–Crippen LogP) is 4.91. The van der Waals surface area contributed by atoms with Gasteiger partial charge < -0.3 is 14.8 Å². The van der Waals surface area contributed by atoms with E-state index in [9.17, 15) is 9.18 Å². The van der Waals surface area contributed by atoms with Crippen molar-refractivity contribution in [3.8, 4) is 11.5 Å². The number of benzene rings is 2. The van der Waals surface area contributed by atoms with E-state index in [4.69, 9.17) is 21.1 Å². The van der Waals surface area contributed by atoms with Crippen LogP contribution in [0.15, 0.2) is 36.4 Å². The third-order valence-corrected chi connectivity index (χ3v) is 5.70. The standard InChI is InChI=1S/C18H13ClFNO3S/c1-9(10-5-6-12-13(7-10)24-8-23-12)21-18(22)17-16(19)15-11(20)3-2-4-14(15)25-17/h2-7,9H,8H2,1H3,(H,21,22). The molecule has 2 heterocycles. The Morgan fingerprint density at radius 1 is 1.28 bits per heavy atom.